The fraction of sp³-hybridized carbons (Fsp3) is 0.533. The van der Waals surface area contributed by atoms with Gasteiger partial charge in [0.2, 0.25) is 15.9 Å². The Balaban J connectivity index is 1.88. The molecule has 1 aromatic rings. The minimum absolute atomic E-state index is 0.0274. The van der Waals surface area contributed by atoms with E-state index in [1.165, 1.54) is 4.31 Å². The van der Waals surface area contributed by atoms with E-state index in [2.05, 4.69) is 0 Å². The number of benzene rings is 1. The standard InChI is InChI=1S/C15H20N2O3S/c18-15(16-10-6-11-16)14-9-4-5-12-17(14)21(19,20)13-7-2-1-3-8-13/h1-3,7-8,14H,4-6,9-12H2. The summed E-state index contributed by atoms with van der Waals surface area (Å²) in [5.74, 6) is -0.0274. The summed E-state index contributed by atoms with van der Waals surface area (Å²) < 4.78 is 27.0. The van der Waals surface area contributed by atoms with Crippen LogP contribution in [0.15, 0.2) is 35.2 Å². The highest BCUT2D eigenvalue weighted by molar-refractivity contribution is 7.89. The normalized spacial score (nSPS) is 23.6. The molecule has 1 atom stereocenters. The summed E-state index contributed by atoms with van der Waals surface area (Å²) in [6.45, 7) is 1.95. The van der Waals surface area contributed by atoms with Crippen molar-refractivity contribution in [3.05, 3.63) is 30.3 Å². The van der Waals surface area contributed by atoms with Crippen LogP contribution in [0.1, 0.15) is 25.7 Å². The molecule has 5 nitrogen and oxygen atoms in total. The molecule has 0 aromatic heterocycles. The Labute approximate surface area is 125 Å². The number of carbonyl (C=O) groups excluding carboxylic acids is 1. The van der Waals surface area contributed by atoms with E-state index in [-0.39, 0.29) is 10.8 Å². The Bertz CT molecular complexity index is 611. The van der Waals surface area contributed by atoms with Crippen molar-refractivity contribution < 1.29 is 13.2 Å². The fourth-order valence-corrected chi connectivity index (χ4v) is 4.59. The first-order valence-electron chi connectivity index (χ1n) is 7.46. The van der Waals surface area contributed by atoms with Crippen molar-refractivity contribution >= 4 is 15.9 Å². The zero-order valence-electron chi connectivity index (χ0n) is 11.9. The summed E-state index contributed by atoms with van der Waals surface area (Å²) >= 11 is 0. The monoisotopic (exact) mass is 308 g/mol. The van der Waals surface area contributed by atoms with E-state index in [4.69, 9.17) is 0 Å². The molecule has 0 spiro atoms. The first kappa shape index (κ1) is 14.5. The zero-order chi connectivity index (χ0) is 14.9. The van der Waals surface area contributed by atoms with Gasteiger partial charge in [-0.25, -0.2) is 8.42 Å². The van der Waals surface area contributed by atoms with Gasteiger partial charge in [-0.15, -0.1) is 0 Å². The third kappa shape index (κ3) is 2.70. The highest BCUT2D eigenvalue weighted by Gasteiger charge is 2.40. The van der Waals surface area contributed by atoms with Gasteiger partial charge in [-0.1, -0.05) is 24.6 Å². The van der Waals surface area contributed by atoms with Gasteiger partial charge in [0.1, 0.15) is 6.04 Å². The van der Waals surface area contributed by atoms with Gasteiger partial charge in [-0.05, 0) is 31.4 Å². The topological polar surface area (TPSA) is 57.7 Å². The molecule has 6 heteroatoms. The van der Waals surface area contributed by atoms with Crippen molar-refractivity contribution in [2.75, 3.05) is 19.6 Å². The molecule has 2 aliphatic heterocycles. The Morgan fingerprint density at radius 3 is 2.33 bits per heavy atom. The van der Waals surface area contributed by atoms with Crippen molar-refractivity contribution in [3.8, 4) is 0 Å². The molecule has 2 heterocycles. The SMILES string of the molecule is O=C(C1CCCCN1S(=O)(=O)c1ccccc1)N1CCC1. The Hall–Kier alpha value is -1.40. The van der Waals surface area contributed by atoms with Crippen LogP contribution in [0.25, 0.3) is 0 Å². The first-order chi connectivity index (χ1) is 10.1. The van der Waals surface area contributed by atoms with Crippen molar-refractivity contribution in [1.82, 2.24) is 9.21 Å². The van der Waals surface area contributed by atoms with Crippen LogP contribution in [0.2, 0.25) is 0 Å². The van der Waals surface area contributed by atoms with Gasteiger partial charge >= 0.3 is 0 Å². The average Bonchev–Trinajstić information content (AvgIpc) is 2.46. The van der Waals surface area contributed by atoms with Crippen LogP contribution in [-0.2, 0) is 14.8 Å². The zero-order valence-corrected chi connectivity index (χ0v) is 12.8. The predicted octanol–water partition coefficient (Wildman–Crippen LogP) is 1.46. The molecular weight excluding hydrogens is 288 g/mol. The molecule has 0 aliphatic carbocycles. The number of carbonyl (C=O) groups is 1. The largest absolute Gasteiger partial charge is 0.341 e. The van der Waals surface area contributed by atoms with Crippen molar-refractivity contribution in [2.24, 2.45) is 0 Å². The Morgan fingerprint density at radius 2 is 1.71 bits per heavy atom. The van der Waals surface area contributed by atoms with E-state index in [0.717, 1.165) is 32.4 Å². The van der Waals surface area contributed by atoms with E-state index in [0.29, 0.717) is 13.0 Å². The summed E-state index contributed by atoms with van der Waals surface area (Å²) in [5.41, 5.74) is 0. The number of likely N-dealkylation sites (tertiary alicyclic amines) is 1. The van der Waals surface area contributed by atoms with Gasteiger partial charge in [0.15, 0.2) is 0 Å². The second-order valence-corrected chi connectivity index (χ2v) is 7.51. The summed E-state index contributed by atoms with van der Waals surface area (Å²) in [4.78, 5) is 14.5. The number of piperidine rings is 1. The Morgan fingerprint density at radius 1 is 1.00 bits per heavy atom. The lowest BCUT2D eigenvalue weighted by molar-refractivity contribution is -0.139. The third-order valence-electron chi connectivity index (χ3n) is 4.26. The van der Waals surface area contributed by atoms with Crippen LogP contribution in [0.4, 0.5) is 0 Å². The molecule has 114 valence electrons. The molecule has 3 rings (SSSR count). The van der Waals surface area contributed by atoms with Crippen LogP contribution in [0, 0.1) is 0 Å². The van der Waals surface area contributed by atoms with Gasteiger partial charge in [-0.3, -0.25) is 4.79 Å². The lowest BCUT2D eigenvalue weighted by atomic mass is 10.0. The molecule has 1 aromatic carbocycles. The quantitative estimate of drug-likeness (QED) is 0.849. The molecule has 2 fully saturated rings. The first-order valence-corrected chi connectivity index (χ1v) is 8.90. The second-order valence-electron chi connectivity index (χ2n) is 5.62. The van der Waals surface area contributed by atoms with Crippen LogP contribution >= 0.6 is 0 Å². The minimum Gasteiger partial charge on any atom is -0.341 e. The maximum atomic E-state index is 12.8. The van der Waals surface area contributed by atoms with Crippen molar-refractivity contribution in [1.29, 1.82) is 0 Å². The summed E-state index contributed by atoms with van der Waals surface area (Å²) in [7, 11) is -3.59. The van der Waals surface area contributed by atoms with Crippen LogP contribution < -0.4 is 0 Å². The molecule has 1 unspecified atom stereocenters. The van der Waals surface area contributed by atoms with Crippen LogP contribution in [-0.4, -0.2) is 49.2 Å². The molecule has 1 amide bonds. The van der Waals surface area contributed by atoms with E-state index in [9.17, 15) is 13.2 Å². The van der Waals surface area contributed by atoms with Gasteiger partial charge in [0, 0.05) is 19.6 Å². The molecule has 2 aliphatic rings. The lowest BCUT2D eigenvalue weighted by Gasteiger charge is -2.39. The third-order valence-corrected chi connectivity index (χ3v) is 6.18. The smallest absolute Gasteiger partial charge is 0.243 e. The summed E-state index contributed by atoms with van der Waals surface area (Å²) in [6, 6.07) is 7.87. The molecule has 0 radical (unpaired) electrons. The van der Waals surface area contributed by atoms with Gasteiger partial charge in [0.25, 0.3) is 0 Å². The molecular formula is C15H20N2O3S. The van der Waals surface area contributed by atoms with Gasteiger partial charge in [0.05, 0.1) is 4.90 Å². The molecule has 0 saturated carbocycles. The maximum Gasteiger partial charge on any atom is 0.243 e. The number of hydrogen-bond acceptors (Lipinski definition) is 3. The van der Waals surface area contributed by atoms with Gasteiger partial charge < -0.3 is 4.90 Å². The van der Waals surface area contributed by atoms with E-state index in [1.807, 2.05) is 0 Å². The number of sulfonamides is 1. The molecule has 2 saturated heterocycles. The fourth-order valence-electron chi connectivity index (χ4n) is 2.91. The average molecular weight is 308 g/mol. The summed E-state index contributed by atoms with van der Waals surface area (Å²) in [6.07, 6.45) is 3.37. The van der Waals surface area contributed by atoms with Crippen molar-refractivity contribution in [2.45, 2.75) is 36.6 Å². The molecule has 21 heavy (non-hydrogen) atoms. The number of hydrogen-bond donors (Lipinski definition) is 0. The van der Waals surface area contributed by atoms with Crippen LogP contribution in [0.3, 0.4) is 0 Å². The molecule has 0 bridgehead atoms. The number of rotatable bonds is 3. The highest BCUT2D eigenvalue weighted by Crippen LogP contribution is 2.27. The van der Waals surface area contributed by atoms with Crippen molar-refractivity contribution in [3.63, 3.8) is 0 Å². The molecule has 0 N–H and O–H groups in total. The Kier molecular flexibility index (Phi) is 3.99. The van der Waals surface area contributed by atoms with Crippen LogP contribution in [0.5, 0.6) is 0 Å². The van der Waals surface area contributed by atoms with Gasteiger partial charge in [-0.2, -0.15) is 4.31 Å². The van der Waals surface area contributed by atoms with E-state index >= 15 is 0 Å². The van der Waals surface area contributed by atoms with E-state index < -0.39 is 16.1 Å². The second kappa shape index (κ2) is 5.77. The number of nitrogens with zero attached hydrogens (tertiary/aromatic N) is 2. The highest BCUT2D eigenvalue weighted by atomic mass is 32.2. The van der Waals surface area contributed by atoms with E-state index in [1.54, 1.807) is 35.2 Å². The number of amides is 1. The summed E-state index contributed by atoms with van der Waals surface area (Å²) in [5, 5.41) is 0. The predicted molar refractivity (Wildman–Crippen MR) is 79.2 cm³/mol. The minimum atomic E-state index is -3.59. The lowest BCUT2D eigenvalue weighted by Crippen LogP contribution is -2.55. The maximum absolute atomic E-state index is 12.8.